The van der Waals surface area contributed by atoms with Crippen LogP contribution in [-0.2, 0) is 19.7 Å². The summed E-state index contributed by atoms with van der Waals surface area (Å²) in [4.78, 5) is 12.3. The van der Waals surface area contributed by atoms with Gasteiger partial charge in [-0.15, -0.1) is 0 Å². The van der Waals surface area contributed by atoms with E-state index in [1.54, 1.807) is 18.2 Å². The van der Waals surface area contributed by atoms with Gasteiger partial charge in [0.1, 0.15) is 23.0 Å². The van der Waals surface area contributed by atoms with Gasteiger partial charge in [0.2, 0.25) is 0 Å². The molecule has 0 aliphatic carbocycles. The van der Waals surface area contributed by atoms with Gasteiger partial charge in [-0.25, -0.2) is 16.8 Å². The van der Waals surface area contributed by atoms with Gasteiger partial charge in [-0.05, 0) is 67.6 Å². The Balaban J connectivity index is 1.88. The van der Waals surface area contributed by atoms with Crippen LogP contribution < -0.4 is 9.47 Å². The second kappa shape index (κ2) is 8.52. The van der Waals surface area contributed by atoms with E-state index in [4.69, 9.17) is 9.47 Å². The van der Waals surface area contributed by atoms with Crippen LogP contribution in [-0.4, -0.2) is 35.1 Å². The minimum atomic E-state index is -3.32. The van der Waals surface area contributed by atoms with Gasteiger partial charge in [0.05, 0.1) is 9.79 Å². The Morgan fingerprint density at radius 3 is 1.26 bits per heavy atom. The third-order valence-corrected chi connectivity index (χ3v) is 6.52. The van der Waals surface area contributed by atoms with Crippen LogP contribution in [0.15, 0.2) is 76.5 Å². The number of ketones is 1. The van der Waals surface area contributed by atoms with Gasteiger partial charge in [-0.2, -0.15) is 0 Å². The van der Waals surface area contributed by atoms with Crippen molar-refractivity contribution in [3.05, 3.63) is 72.3 Å². The van der Waals surface area contributed by atoms with Crippen LogP contribution >= 0.6 is 0 Å². The standard InChI is InChI=1S/C22H20O7S2/c1-15(23)16-12-19(28-17-4-8-21(9-5-17)30(2,24)25)14-20(13-16)29-18-6-10-22(11-7-18)31(3,26)27/h4-14H,1-3H3. The highest BCUT2D eigenvalue weighted by Gasteiger charge is 2.11. The summed E-state index contributed by atoms with van der Waals surface area (Å²) in [5.41, 5.74) is 0.355. The molecular weight excluding hydrogens is 440 g/mol. The Hall–Kier alpha value is -3.17. The van der Waals surface area contributed by atoms with Crippen LogP contribution in [0.25, 0.3) is 0 Å². The summed E-state index contributed by atoms with van der Waals surface area (Å²) in [6.07, 6.45) is 2.23. The molecule has 3 rings (SSSR count). The number of carbonyl (C=O) groups excluding carboxylic acids is 1. The molecule has 0 heterocycles. The Morgan fingerprint density at radius 2 is 0.968 bits per heavy atom. The average Bonchev–Trinajstić information content (AvgIpc) is 2.67. The molecule has 3 aromatic rings. The van der Waals surface area contributed by atoms with E-state index >= 15 is 0 Å². The number of hydrogen-bond donors (Lipinski definition) is 0. The lowest BCUT2D eigenvalue weighted by Gasteiger charge is -2.12. The Labute approximate surface area is 181 Å². The zero-order valence-corrected chi connectivity index (χ0v) is 18.7. The second-order valence-corrected chi connectivity index (χ2v) is 11.0. The second-order valence-electron chi connectivity index (χ2n) is 6.94. The van der Waals surface area contributed by atoms with Crippen LogP contribution in [0.3, 0.4) is 0 Å². The number of rotatable bonds is 7. The lowest BCUT2D eigenvalue weighted by atomic mass is 10.1. The maximum atomic E-state index is 11.9. The lowest BCUT2D eigenvalue weighted by molar-refractivity contribution is 0.101. The van der Waals surface area contributed by atoms with E-state index < -0.39 is 19.7 Å². The number of Topliss-reactive ketones (excluding diaryl/α,β-unsaturated/α-hetero) is 1. The predicted molar refractivity (Wildman–Crippen MR) is 116 cm³/mol. The first-order chi connectivity index (χ1) is 14.4. The van der Waals surface area contributed by atoms with Crippen molar-refractivity contribution in [2.45, 2.75) is 16.7 Å². The lowest BCUT2D eigenvalue weighted by Crippen LogP contribution is -1.98. The van der Waals surface area contributed by atoms with Crippen molar-refractivity contribution in [3.63, 3.8) is 0 Å². The van der Waals surface area contributed by atoms with Crippen LogP contribution in [0.4, 0.5) is 0 Å². The summed E-state index contributed by atoms with van der Waals surface area (Å²) >= 11 is 0. The van der Waals surface area contributed by atoms with Crippen molar-refractivity contribution in [1.82, 2.24) is 0 Å². The van der Waals surface area contributed by atoms with Crippen LogP contribution in [0.2, 0.25) is 0 Å². The molecule has 9 heteroatoms. The van der Waals surface area contributed by atoms with Crippen molar-refractivity contribution < 1.29 is 31.1 Å². The molecule has 7 nitrogen and oxygen atoms in total. The van der Waals surface area contributed by atoms with E-state index in [1.807, 2.05) is 0 Å². The average molecular weight is 461 g/mol. The molecule has 31 heavy (non-hydrogen) atoms. The molecule has 0 radical (unpaired) electrons. The normalized spacial score (nSPS) is 11.7. The molecule has 0 amide bonds. The van der Waals surface area contributed by atoms with E-state index in [0.717, 1.165) is 12.5 Å². The number of carbonyl (C=O) groups is 1. The van der Waals surface area contributed by atoms with Gasteiger partial charge in [-0.3, -0.25) is 4.79 Å². The van der Waals surface area contributed by atoms with Gasteiger partial charge in [0.25, 0.3) is 0 Å². The summed E-state index contributed by atoms with van der Waals surface area (Å²) in [7, 11) is -6.64. The predicted octanol–water partition coefficient (Wildman–Crippen LogP) is 4.28. The third-order valence-electron chi connectivity index (χ3n) is 4.26. The third kappa shape index (κ3) is 5.93. The molecule has 162 valence electrons. The molecule has 0 saturated heterocycles. The minimum Gasteiger partial charge on any atom is -0.457 e. The number of benzene rings is 3. The van der Waals surface area contributed by atoms with Crippen molar-refractivity contribution in [2.24, 2.45) is 0 Å². The van der Waals surface area contributed by atoms with Crippen LogP contribution in [0, 0.1) is 0 Å². The van der Waals surface area contributed by atoms with E-state index in [0.29, 0.717) is 28.6 Å². The molecule has 0 fully saturated rings. The van der Waals surface area contributed by atoms with E-state index in [9.17, 15) is 21.6 Å². The first-order valence-corrected chi connectivity index (χ1v) is 12.8. The fraction of sp³-hybridized carbons (Fsp3) is 0.136. The maximum absolute atomic E-state index is 11.9. The topological polar surface area (TPSA) is 104 Å². The number of hydrogen-bond acceptors (Lipinski definition) is 7. The summed E-state index contributed by atoms with van der Waals surface area (Å²) in [6.45, 7) is 1.41. The molecule has 3 aromatic carbocycles. The van der Waals surface area contributed by atoms with Crippen LogP contribution in [0.5, 0.6) is 23.0 Å². The maximum Gasteiger partial charge on any atom is 0.175 e. The van der Waals surface area contributed by atoms with Crippen molar-refractivity contribution in [2.75, 3.05) is 12.5 Å². The first kappa shape index (κ1) is 22.5. The molecule has 0 spiro atoms. The van der Waals surface area contributed by atoms with Gasteiger partial charge in [0, 0.05) is 24.1 Å². The van der Waals surface area contributed by atoms with Crippen molar-refractivity contribution in [3.8, 4) is 23.0 Å². The van der Waals surface area contributed by atoms with Crippen LogP contribution in [0.1, 0.15) is 17.3 Å². The summed E-state index contributed by atoms with van der Waals surface area (Å²) in [5.74, 6) is 1.22. The molecular formula is C22H20O7S2. The summed E-state index contributed by atoms with van der Waals surface area (Å²) < 4.78 is 57.9. The minimum absolute atomic E-state index is 0.166. The number of sulfone groups is 2. The Morgan fingerprint density at radius 1 is 0.613 bits per heavy atom. The van der Waals surface area contributed by atoms with Crippen molar-refractivity contribution in [1.29, 1.82) is 0 Å². The highest BCUT2D eigenvalue weighted by molar-refractivity contribution is 7.91. The largest absolute Gasteiger partial charge is 0.457 e. The smallest absolute Gasteiger partial charge is 0.175 e. The monoisotopic (exact) mass is 460 g/mol. The molecule has 0 saturated carbocycles. The van der Waals surface area contributed by atoms with E-state index in [2.05, 4.69) is 0 Å². The fourth-order valence-electron chi connectivity index (χ4n) is 2.67. The van der Waals surface area contributed by atoms with E-state index in [-0.39, 0.29) is 15.6 Å². The zero-order chi connectivity index (χ0) is 22.8. The summed E-state index contributed by atoms with van der Waals surface area (Å²) in [6, 6.07) is 16.5. The van der Waals surface area contributed by atoms with Gasteiger partial charge in [0.15, 0.2) is 25.5 Å². The number of ether oxygens (including phenoxy) is 2. The molecule has 0 aliphatic heterocycles. The van der Waals surface area contributed by atoms with E-state index in [1.165, 1.54) is 55.5 Å². The molecule has 0 bridgehead atoms. The highest BCUT2D eigenvalue weighted by Crippen LogP contribution is 2.31. The fourth-order valence-corrected chi connectivity index (χ4v) is 3.94. The SMILES string of the molecule is CC(=O)c1cc(Oc2ccc(S(C)(=O)=O)cc2)cc(Oc2ccc(S(C)(=O)=O)cc2)c1. The van der Waals surface area contributed by atoms with Gasteiger partial charge in [-0.1, -0.05) is 0 Å². The summed E-state index contributed by atoms with van der Waals surface area (Å²) in [5, 5.41) is 0. The highest BCUT2D eigenvalue weighted by atomic mass is 32.2. The molecule has 0 N–H and O–H groups in total. The van der Waals surface area contributed by atoms with Gasteiger partial charge >= 0.3 is 0 Å². The Bertz CT molecular complexity index is 1230. The molecule has 0 aromatic heterocycles. The quantitative estimate of drug-likeness (QED) is 0.485. The van der Waals surface area contributed by atoms with Gasteiger partial charge < -0.3 is 9.47 Å². The first-order valence-electron chi connectivity index (χ1n) is 9.04. The molecule has 0 unspecified atom stereocenters. The van der Waals surface area contributed by atoms with Crippen molar-refractivity contribution >= 4 is 25.5 Å². The zero-order valence-electron chi connectivity index (χ0n) is 17.0. The molecule has 0 aliphatic rings. The molecule has 0 atom stereocenters. The Kier molecular flexibility index (Phi) is 6.19.